The van der Waals surface area contributed by atoms with Crippen molar-refractivity contribution in [3.63, 3.8) is 0 Å². The van der Waals surface area contributed by atoms with E-state index < -0.39 is 5.63 Å². The molecule has 16 heavy (non-hydrogen) atoms. The predicted molar refractivity (Wildman–Crippen MR) is 60.3 cm³/mol. The third-order valence-corrected chi connectivity index (χ3v) is 2.38. The molecule has 0 aliphatic heterocycles. The number of hydrogen-bond acceptors (Lipinski definition) is 4. The summed E-state index contributed by atoms with van der Waals surface area (Å²) in [7, 11) is 2.91. The summed E-state index contributed by atoms with van der Waals surface area (Å²) in [5.41, 5.74) is 1.02. The van der Waals surface area contributed by atoms with Crippen LogP contribution >= 0.6 is 0 Å². The van der Waals surface area contributed by atoms with E-state index in [4.69, 9.17) is 13.9 Å². The second-order valence-electron chi connectivity index (χ2n) is 3.46. The zero-order valence-electron chi connectivity index (χ0n) is 9.37. The van der Waals surface area contributed by atoms with E-state index in [1.54, 1.807) is 6.07 Å². The zero-order chi connectivity index (χ0) is 11.7. The molecule has 0 atom stereocenters. The summed E-state index contributed by atoms with van der Waals surface area (Å²) in [5.74, 6) is 0.512. The quantitative estimate of drug-likeness (QED) is 0.727. The largest absolute Gasteiger partial charge is 0.492 e. The van der Waals surface area contributed by atoms with Gasteiger partial charge in [0, 0.05) is 0 Å². The fourth-order valence-electron chi connectivity index (χ4n) is 1.65. The van der Waals surface area contributed by atoms with E-state index in [0.717, 1.165) is 10.9 Å². The maximum absolute atomic E-state index is 11.6. The van der Waals surface area contributed by atoms with Crippen LogP contribution in [-0.4, -0.2) is 14.2 Å². The summed E-state index contributed by atoms with van der Waals surface area (Å²) in [6, 6.07) is 5.50. The van der Waals surface area contributed by atoms with E-state index >= 15 is 0 Å². The summed E-state index contributed by atoms with van der Waals surface area (Å²) < 4.78 is 15.3. The molecule has 2 rings (SSSR count). The van der Waals surface area contributed by atoms with Crippen molar-refractivity contribution in [3.05, 3.63) is 34.2 Å². The molecule has 0 saturated carbocycles. The number of methoxy groups -OCH3 is 2. The van der Waals surface area contributed by atoms with Crippen molar-refractivity contribution in [2.24, 2.45) is 0 Å². The molecule has 0 spiro atoms. The topological polar surface area (TPSA) is 48.7 Å². The van der Waals surface area contributed by atoms with Crippen LogP contribution in [0.5, 0.6) is 11.5 Å². The van der Waals surface area contributed by atoms with E-state index in [1.165, 1.54) is 14.2 Å². The molecule has 0 aliphatic rings. The van der Waals surface area contributed by atoms with Gasteiger partial charge in [-0.2, -0.15) is 0 Å². The predicted octanol–water partition coefficient (Wildman–Crippen LogP) is 2.12. The fraction of sp³-hybridized carbons (Fsp3) is 0.250. The first-order chi connectivity index (χ1) is 7.67. The molecule has 1 aromatic carbocycles. The van der Waals surface area contributed by atoms with Gasteiger partial charge in [-0.25, -0.2) is 4.79 Å². The Morgan fingerprint density at radius 1 is 1.12 bits per heavy atom. The molecule has 2 aromatic rings. The van der Waals surface area contributed by atoms with Crippen LogP contribution in [-0.2, 0) is 0 Å². The molecule has 4 nitrogen and oxygen atoms in total. The van der Waals surface area contributed by atoms with E-state index in [-0.39, 0.29) is 5.75 Å². The lowest BCUT2D eigenvalue weighted by Crippen LogP contribution is -2.06. The average Bonchev–Trinajstić information content (AvgIpc) is 2.28. The van der Waals surface area contributed by atoms with Crippen molar-refractivity contribution < 1.29 is 13.9 Å². The zero-order valence-corrected chi connectivity index (χ0v) is 9.37. The van der Waals surface area contributed by atoms with Gasteiger partial charge in [-0.1, -0.05) is 11.6 Å². The third kappa shape index (κ3) is 1.52. The average molecular weight is 220 g/mol. The monoisotopic (exact) mass is 220 g/mol. The van der Waals surface area contributed by atoms with Gasteiger partial charge >= 0.3 is 5.63 Å². The van der Waals surface area contributed by atoms with E-state index in [1.807, 2.05) is 19.1 Å². The molecular weight excluding hydrogens is 208 g/mol. The molecule has 0 aliphatic carbocycles. The maximum Gasteiger partial charge on any atom is 0.383 e. The summed E-state index contributed by atoms with van der Waals surface area (Å²) >= 11 is 0. The van der Waals surface area contributed by atoms with Gasteiger partial charge in [-0.05, 0) is 19.1 Å². The molecule has 1 heterocycles. The summed E-state index contributed by atoms with van der Waals surface area (Å²) in [6.07, 6.45) is 0. The van der Waals surface area contributed by atoms with Crippen molar-refractivity contribution >= 4 is 11.0 Å². The standard InChI is InChI=1S/C12H12O4/c1-7-4-5-9-8(6-7)10(14-2)11(15-3)12(13)16-9/h4-6H,1-3H3. The van der Waals surface area contributed by atoms with Crippen LogP contribution in [0.15, 0.2) is 27.4 Å². The van der Waals surface area contributed by atoms with Crippen LogP contribution in [0.1, 0.15) is 5.56 Å². The lowest BCUT2D eigenvalue weighted by molar-refractivity contribution is 0.338. The van der Waals surface area contributed by atoms with Crippen LogP contribution < -0.4 is 15.1 Å². The summed E-state index contributed by atoms with van der Waals surface area (Å²) in [4.78, 5) is 11.6. The molecule has 0 unspecified atom stereocenters. The van der Waals surface area contributed by atoms with Crippen molar-refractivity contribution in [1.82, 2.24) is 0 Å². The first-order valence-corrected chi connectivity index (χ1v) is 4.83. The van der Waals surface area contributed by atoms with E-state index in [2.05, 4.69) is 0 Å². The number of rotatable bonds is 2. The van der Waals surface area contributed by atoms with E-state index in [9.17, 15) is 4.79 Å². The first kappa shape index (κ1) is 10.5. The Kier molecular flexibility index (Phi) is 2.56. The van der Waals surface area contributed by atoms with Gasteiger partial charge in [-0.15, -0.1) is 0 Å². The number of hydrogen-bond donors (Lipinski definition) is 0. The van der Waals surface area contributed by atoms with Crippen LogP contribution in [0, 0.1) is 6.92 Å². The highest BCUT2D eigenvalue weighted by Gasteiger charge is 2.15. The van der Waals surface area contributed by atoms with Gasteiger partial charge in [0.2, 0.25) is 5.75 Å². The maximum atomic E-state index is 11.6. The van der Waals surface area contributed by atoms with Crippen molar-refractivity contribution in [1.29, 1.82) is 0 Å². The minimum absolute atomic E-state index is 0.0978. The molecule has 0 fully saturated rings. The highest BCUT2D eigenvalue weighted by atomic mass is 16.5. The Bertz CT molecular complexity index is 583. The van der Waals surface area contributed by atoms with Gasteiger partial charge in [0.15, 0.2) is 5.75 Å². The number of ether oxygens (including phenoxy) is 2. The lowest BCUT2D eigenvalue weighted by atomic mass is 10.1. The van der Waals surface area contributed by atoms with Crippen LogP contribution in [0.25, 0.3) is 11.0 Å². The van der Waals surface area contributed by atoms with Crippen LogP contribution in [0.4, 0.5) is 0 Å². The van der Waals surface area contributed by atoms with Gasteiger partial charge in [0.1, 0.15) is 5.58 Å². The molecule has 4 heteroatoms. The van der Waals surface area contributed by atoms with Gasteiger partial charge in [0.25, 0.3) is 0 Å². The fourth-order valence-corrected chi connectivity index (χ4v) is 1.65. The molecule has 84 valence electrons. The summed E-state index contributed by atoms with van der Waals surface area (Å²) in [6.45, 7) is 1.95. The molecular formula is C12H12O4. The lowest BCUT2D eigenvalue weighted by Gasteiger charge is -2.08. The minimum atomic E-state index is -0.532. The first-order valence-electron chi connectivity index (χ1n) is 4.83. The molecule has 0 radical (unpaired) electrons. The Balaban J connectivity index is 2.92. The molecule has 0 N–H and O–H groups in total. The van der Waals surface area contributed by atoms with Crippen LogP contribution in [0.3, 0.4) is 0 Å². The van der Waals surface area contributed by atoms with Crippen molar-refractivity contribution in [2.75, 3.05) is 14.2 Å². The second kappa shape index (κ2) is 3.89. The number of aryl methyl sites for hydroxylation is 1. The number of benzene rings is 1. The Morgan fingerprint density at radius 3 is 2.44 bits per heavy atom. The molecule has 1 aromatic heterocycles. The highest BCUT2D eigenvalue weighted by Crippen LogP contribution is 2.32. The third-order valence-electron chi connectivity index (χ3n) is 2.38. The highest BCUT2D eigenvalue weighted by molar-refractivity contribution is 5.86. The minimum Gasteiger partial charge on any atom is -0.492 e. The smallest absolute Gasteiger partial charge is 0.383 e. The van der Waals surface area contributed by atoms with E-state index in [0.29, 0.717) is 11.3 Å². The Hall–Kier alpha value is -1.97. The molecule has 0 bridgehead atoms. The Morgan fingerprint density at radius 2 is 1.81 bits per heavy atom. The van der Waals surface area contributed by atoms with Gasteiger partial charge in [-0.3, -0.25) is 0 Å². The normalized spacial score (nSPS) is 10.4. The molecule has 0 amide bonds. The molecule has 0 saturated heterocycles. The Labute approximate surface area is 92.4 Å². The summed E-state index contributed by atoms with van der Waals surface area (Å²) in [5, 5.41) is 0.735. The number of fused-ring (bicyclic) bond motifs is 1. The van der Waals surface area contributed by atoms with Crippen molar-refractivity contribution in [2.45, 2.75) is 6.92 Å². The van der Waals surface area contributed by atoms with Crippen molar-refractivity contribution in [3.8, 4) is 11.5 Å². The van der Waals surface area contributed by atoms with Gasteiger partial charge < -0.3 is 13.9 Å². The SMILES string of the molecule is COc1c(OC)c2cc(C)ccc2oc1=O. The second-order valence-corrected chi connectivity index (χ2v) is 3.46. The van der Waals surface area contributed by atoms with Gasteiger partial charge in [0.05, 0.1) is 19.6 Å². The van der Waals surface area contributed by atoms with Crippen LogP contribution in [0.2, 0.25) is 0 Å².